The average molecular weight is 464 g/mol. The van der Waals surface area contributed by atoms with Gasteiger partial charge in [0.05, 0.1) is 10.8 Å². The van der Waals surface area contributed by atoms with Crippen molar-refractivity contribution in [1.82, 2.24) is 0 Å². The van der Waals surface area contributed by atoms with E-state index < -0.39 is 95.2 Å². The van der Waals surface area contributed by atoms with E-state index in [4.69, 9.17) is 0 Å². The van der Waals surface area contributed by atoms with Gasteiger partial charge in [-0.3, -0.25) is 0 Å². The predicted molar refractivity (Wildman–Crippen MR) is 76.8 cm³/mol. The summed E-state index contributed by atoms with van der Waals surface area (Å²) in [5.74, 6) is -11.5. The Balaban J connectivity index is 2.95. The second-order valence-corrected chi connectivity index (χ2v) is 10.2. The zero-order valence-electron chi connectivity index (χ0n) is 13.2. The van der Waals surface area contributed by atoms with Crippen molar-refractivity contribution in [3.05, 3.63) is 33.1 Å². The quantitative estimate of drug-likeness (QED) is 0.591. The minimum Gasteiger partial charge on any atom is -0.247 e. The molecule has 0 N–H and O–H groups in total. The van der Waals surface area contributed by atoms with Gasteiger partial charge in [0, 0.05) is 0 Å². The van der Waals surface area contributed by atoms with Gasteiger partial charge in [-0.25, -0.2) is 43.2 Å². The van der Waals surface area contributed by atoms with E-state index in [0.29, 0.717) is 0 Å². The number of rotatable bonds is 3. The molecule has 0 aliphatic heterocycles. The van der Waals surface area contributed by atoms with Gasteiger partial charge in [-0.05, 0) is 19.3 Å². The standard InChI is InChI=1S/C13H9F9O4S2/c14-4-1-2-5(3-4)27(23,24)12(28(25,26)13(20,21)22)6-7(15)9(17)11(19)10(18)8(6)16/h4-5,7H,1-3H2/b12-6-. The Morgan fingerprint density at radius 3 is 1.82 bits per heavy atom. The van der Waals surface area contributed by atoms with E-state index >= 15 is 0 Å². The van der Waals surface area contributed by atoms with Crippen LogP contribution in [0.15, 0.2) is 33.1 Å². The van der Waals surface area contributed by atoms with Crippen molar-refractivity contribution in [3.63, 3.8) is 0 Å². The molecule has 1 fully saturated rings. The highest BCUT2D eigenvalue weighted by Crippen LogP contribution is 2.47. The second kappa shape index (κ2) is 7.07. The third-order valence-electron chi connectivity index (χ3n) is 4.09. The Morgan fingerprint density at radius 2 is 1.39 bits per heavy atom. The van der Waals surface area contributed by atoms with Crippen molar-refractivity contribution in [1.29, 1.82) is 0 Å². The van der Waals surface area contributed by atoms with Crippen molar-refractivity contribution >= 4 is 19.7 Å². The first kappa shape index (κ1) is 22.8. The maximum Gasteiger partial charge on any atom is 0.502 e. The molecule has 0 aromatic carbocycles. The Morgan fingerprint density at radius 1 is 0.857 bits per heavy atom. The molecule has 28 heavy (non-hydrogen) atoms. The highest BCUT2D eigenvalue weighted by Gasteiger charge is 2.57. The van der Waals surface area contributed by atoms with Crippen LogP contribution >= 0.6 is 0 Å². The molecule has 160 valence electrons. The van der Waals surface area contributed by atoms with Gasteiger partial charge in [-0.1, -0.05) is 0 Å². The first-order chi connectivity index (χ1) is 12.5. The summed E-state index contributed by atoms with van der Waals surface area (Å²) in [5, 5.41) is -2.16. The molecule has 0 amide bonds. The average Bonchev–Trinajstić information content (AvgIpc) is 3.01. The zero-order chi connectivity index (χ0) is 21.8. The number of alkyl halides is 5. The van der Waals surface area contributed by atoms with Gasteiger partial charge in [0.15, 0.2) is 43.6 Å². The first-order valence-electron chi connectivity index (χ1n) is 7.23. The Bertz CT molecular complexity index is 990. The summed E-state index contributed by atoms with van der Waals surface area (Å²) >= 11 is 0. The first-order valence-corrected chi connectivity index (χ1v) is 10.3. The van der Waals surface area contributed by atoms with E-state index in [9.17, 15) is 56.3 Å². The van der Waals surface area contributed by atoms with Crippen LogP contribution in [0.2, 0.25) is 0 Å². The fourth-order valence-corrected chi connectivity index (χ4v) is 7.06. The SMILES string of the molecule is O=S(=O)(/C(=C1/C(F)=C(F)C(F)=C(F)C1F)S(=O)(=O)C(F)(F)F)C1CCC(F)C1. The lowest BCUT2D eigenvalue weighted by atomic mass is 10.0. The van der Waals surface area contributed by atoms with Crippen LogP contribution in [0.5, 0.6) is 0 Å². The van der Waals surface area contributed by atoms with Gasteiger partial charge >= 0.3 is 5.51 Å². The summed E-state index contributed by atoms with van der Waals surface area (Å²) in [6.07, 6.45) is -8.12. The molecule has 0 bridgehead atoms. The molecule has 0 radical (unpaired) electrons. The highest BCUT2D eigenvalue weighted by atomic mass is 32.3. The smallest absolute Gasteiger partial charge is 0.247 e. The molecular formula is C13H9F9O4S2. The van der Waals surface area contributed by atoms with E-state index in [2.05, 4.69) is 0 Å². The third kappa shape index (κ3) is 3.46. The third-order valence-corrected chi connectivity index (χ3v) is 8.81. The van der Waals surface area contributed by atoms with Crippen molar-refractivity contribution in [2.75, 3.05) is 0 Å². The van der Waals surface area contributed by atoms with Crippen LogP contribution < -0.4 is 0 Å². The summed E-state index contributed by atoms with van der Waals surface area (Å²) in [4.78, 5) is 0. The summed E-state index contributed by atoms with van der Waals surface area (Å²) in [5.41, 5.74) is -9.14. The van der Waals surface area contributed by atoms with Gasteiger partial charge in [0.1, 0.15) is 6.17 Å². The van der Waals surface area contributed by atoms with Crippen LogP contribution in [-0.2, 0) is 19.7 Å². The van der Waals surface area contributed by atoms with Crippen LogP contribution in [-0.4, -0.2) is 39.9 Å². The van der Waals surface area contributed by atoms with E-state index in [1.165, 1.54) is 0 Å². The molecule has 1 saturated carbocycles. The van der Waals surface area contributed by atoms with Gasteiger partial charge in [0.25, 0.3) is 9.84 Å². The zero-order valence-corrected chi connectivity index (χ0v) is 14.8. The van der Waals surface area contributed by atoms with Gasteiger partial charge in [0.2, 0.25) is 0 Å². The minimum atomic E-state index is -7.10. The van der Waals surface area contributed by atoms with Crippen molar-refractivity contribution in [3.8, 4) is 0 Å². The molecule has 2 aliphatic carbocycles. The van der Waals surface area contributed by atoms with E-state index in [1.54, 1.807) is 0 Å². The lowest BCUT2D eigenvalue weighted by molar-refractivity contribution is -0.0425. The predicted octanol–water partition coefficient (Wildman–Crippen LogP) is 4.09. The Kier molecular flexibility index (Phi) is 5.75. The summed E-state index contributed by atoms with van der Waals surface area (Å²) in [6.45, 7) is 0. The van der Waals surface area contributed by atoms with Crippen LogP contribution in [0.4, 0.5) is 39.5 Å². The second-order valence-electron chi connectivity index (χ2n) is 5.88. The topological polar surface area (TPSA) is 68.3 Å². The maximum atomic E-state index is 14.0. The normalized spacial score (nSPS) is 29.5. The van der Waals surface area contributed by atoms with Crippen LogP contribution in [0.1, 0.15) is 19.3 Å². The lowest BCUT2D eigenvalue weighted by Crippen LogP contribution is -2.35. The Hall–Kier alpha value is -1.51. The molecule has 0 aromatic heterocycles. The van der Waals surface area contributed by atoms with Gasteiger partial charge in [-0.2, -0.15) is 13.2 Å². The monoisotopic (exact) mass is 464 g/mol. The molecular weight excluding hydrogens is 455 g/mol. The van der Waals surface area contributed by atoms with E-state index in [-0.39, 0.29) is 0 Å². The van der Waals surface area contributed by atoms with Crippen molar-refractivity contribution < 1.29 is 56.3 Å². The molecule has 0 aromatic rings. The maximum absolute atomic E-state index is 14.0. The molecule has 0 spiro atoms. The highest BCUT2D eigenvalue weighted by molar-refractivity contribution is 8.15. The Labute approximate surface area is 152 Å². The van der Waals surface area contributed by atoms with Crippen molar-refractivity contribution in [2.45, 2.75) is 42.4 Å². The lowest BCUT2D eigenvalue weighted by Gasteiger charge is -2.23. The molecule has 15 heteroatoms. The minimum absolute atomic E-state index is 0.521. The molecule has 2 rings (SSSR count). The van der Waals surface area contributed by atoms with E-state index in [0.717, 1.165) is 0 Å². The fourth-order valence-electron chi connectivity index (χ4n) is 2.74. The summed E-state index contributed by atoms with van der Waals surface area (Å²) in [6, 6.07) is 0. The van der Waals surface area contributed by atoms with E-state index in [1.807, 2.05) is 0 Å². The summed E-state index contributed by atoms with van der Waals surface area (Å²) in [7, 11) is -13.0. The molecule has 0 saturated heterocycles. The van der Waals surface area contributed by atoms with Crippen molar-refractivity contribution in [2.24, 2.45) is 0 Å². The fraction of sp³-hybridized carbons (Fsp3) is 0.538. The number of sulfone groups is 2. The summed E-state index contributed by atoms with van der Waals surface area (Å²) < 4.78 is 166. The van der Waals surface area contributed by atoms with Gasteiger partial charge < -0.3 is 0 Å². The van der Waals surface area contributed by atoms with Crippen LogP contribution in [0.3, 0.4) is 0 Å². The molecule has 3 unspecified atom stereocenters. The number of hydrogen-bond acceptors (Lipinski definition) is 4. The molecule has 2 aliphatic rings. The molecule has 4 nitrogen and oxygen atoms in total. The largest absolute Gasteiger partial charge is 0.502 e. The number of allylic oxidation sites excluding steroid dienone is 5. The van der Waals surface area contributed by atoms with Gasteiger partial charge in [-0.15, -0.1) is 0 Å². The number of hydrogen-bond donors (Lipinski definition) is 0. The van der Waals surface area contributed by atoms with Crippen LogP contribution in [0.25, 0.3) is 0 Å². The van der Waals surface area contributed by atoms with Crippen LogP contribution in [0, 0.1) is 0 Å². The number of halogens is 9. The molecule has 3 atom stereocenters. The molecule has 0 heterocycles.